The van der Waals surface area contributed by atoms with Gasteiger partial charge in [0.05, 0.1) is 6.54 Å². The molecule has 0 radical (unpaired) electrons. The van der Waals surface area contributed by atoms with E-state index in [1.165, 1.54) is 0 Å². The van der Waals surface area contributed by atoms with Gasteiger partial charge in [-0.1, -0.05) is 84.9 Å². The minimum Gasteiger partial charge on any atom is -0.342 e. The van der Waals surface area contributed by atoms with Gasteiger partial charge in [-0.25, -0.2) is 0 Å². The summed E-state index contributed by atoms with van der Waals surface area (Å²) in [5.41, 5.74) is 4.34. The summed E-state index contributed by atoms with van der Waals surface area (Å²) in [7, 11) is 0. The molecule has 0 spiro atoms. The highest BCUT2D eigenvalue weighted by Gasteiger charge is 2.32. The zero-order valence-corrected chi connectivity index (χ0v) is 15.5. The predicted octanol–water partition coefficient (Wildman–Crippen LogP) is 3.42. The first-order chi connectivity index (χ1) is 13.7. The van der Waals surface area contributed by atoms with Crippen molar-refractivity contribution in [2.24, 2.45) is 0 Å². The van der Waals surface area contributed by atoms with E-state index in [9.17, 15) is 9.59 Å². The van der Waals surface area contributed by atoms with Crippen LogP contribution in [0.4, 0.5) is 0 Å². The monoisotopic (exact) mass is 370 g/mol. The summed E-state index contributed by atoms with van der Waals surface area (Å²) in [6.07, 6.45) is 0.491. The first-order valence-electron chi connectivity index (χ1n) is 9.45. The van der Waals surface area contributed by atoms with Gasteiger partial charge >= 0.3 is 0 Å². The van der Waals surface area contributed by atoms with Crippen LogP contribution in [0.15, 0.2) is 84.9 Å². The summed E-state index contributed by atoms with van der Waals surface area (Å²) in [5.74, 6) is -0.142. The number of piperazine rings is 1. The molecular weight excluding hydrogens is 348 g/mol. The van der Waals surface area contributed by atoms with Gasteiger partial charge in [-0.05, 0) is 22.3 Å². The molecule has 4 heteroatoms. The van der Waals surface area contributed by atoms with E-state index in [2.05, 4.69) is 29.6 Å². The first-order valence-corrected chi connectivity index (χ1v) is 9.45. The lowest BCUT2D eigenvalue weighted by molar-refractivity contribution is -0.144. The zero-order chi connectivity index (χ0) is 19.3. The summed E-state index contributed by atoms with van der Waals surface area (Å²) in [5, 5.41) is 2.85. The molecule has 1 saturated heterocycles. The van der Waals surface area contributed by atoms with Crippen molar-refractivity contribution in [3.63, 3.8) is 0 Å². The molecule has 0 aromatic heterocycles. The molecule has 4 nitrogen and oxygen atoms in total. The number of hydrogen-bond acceptors (Lipinski definition) is 2. The van der Waals surface area contributed by atoms with Gasteiger partial charge in [-0.3, -0.25) is 9.59 Å². The van der Waals surface area contributed by atoms with E-state index in [0.717, 1.165) is 22.3 Å². The third-order valence-corrected chi connectivity index (χ3v) is 5.00. The third-order valence-electron chi connectivity index (χ3n) is 5.00. The molecule has 0 aliphatic carbocycles. The van der Waals surface area contributed by atoms with Crippen molar-refractivity contribution in [2.45, 2.75) is 19.0 Å². The van der Waals surface area contributed by atoms with Crippen molar-refractivity contribution in [3.8, 4) is 11.1 Å². The van der Waals surface area contributed by atoms with Crippen molar-refractivity contribution in [1.29, 1.82) is 0 Å². The van der Waals surface area contributed by atoms with Gasteiger partial charge in [-0.15, -0.1) is 0 Å². The van der Waals surface area contributed by atoms with Crippen LogP contribution >= 0.6 is 0 Å². The lowest BCUT2D eigenvalue weighted by Gasteiger charge is -2.32. The van der Waals surface area contributed by atoms with E-state index in [4.69, 9.17) is 0 Å². The van der Waals surface area contributed by atoms with Gasteiger partial charge in [0.15, 0.2) is 0 Å². The van der Waals surface area contributed by atoms with Crippen LogP contribution in [0.25, 0.3) is 11.1 Å². The highest BCUT2D eigenvalue weighted by Crippen LogP contribution is 2.20. The lowest BCUT2D eigenvalue weighted by Crippen LogP contribution is -2.58. The SMILES string of the molecule is O=C1CN(Cc2ccccc2)C(=O)[C@@H](Cc2ccc(-c3ccccc3)cc2)N1. The number of carbonyl (C=O) groups excluding carboxylic acids is 2. The van der Waals surface area contributed by atoms with E-state index in [-0.39, 0.29) is 18.4 Å². The van der Waals surface area contributed by atoms with Crippen molar-refractivity contribution >= 4 is 11.8 Å². The van der Waals surface area contributed by atoms with Crippen molar-refractivity contribution < 1.29 is 9.59 Å². The zero-order valence-electron chi connectivity index (χ0n) is 15.5. The van der Waals surface area contributed by atoms with Gasteiger partial charge in [0, 0.05) is 13.0 Å². The van der Waals surface area contributed by atoms with Gasteiger partial charge < -0.3 is 10.2 Å². The second-order valence-electron chi connectivity index (χ2n) is 7.07. The van der Waals surface area contributed by atoms with Crippen LogP contribution in [0, 0.1) is 0 Å². The Morgan fingerprint density at radius 3 is 2.04 bits per heavy atom. The molecule has 1 N–H and O–H groups in total. The Morgan fingerprint density at radius 2 is 1.36 bits per heavy atom. The standard InChI is InChI=1S/C24H22N2O2/c27-23-17-26(16-19-7-3-1-4-8-19)24(28)22(25-23)15-18-11-13-21(14-12-18)20-9-5-2-6-10-20/h1-14,22H,15-17H2,(H,25,27)/t22-/m1/s1. The molecule has 1 atom stereocenters. The van der Waals surface area contributed by atoms with Crippen LogP contribution in [0.5, 0.6) is 0 Å². The van der Waals surface area contributed by atoms with Crippen LogP contribution in [0.2, 0.25) is 0 Å². The number of nitrogens with zero attached hydrogens (tertiary/aromatic N) is 1. The fraction of sp³-hybridized carbons (Fsp3) is 0.167. The Kier molecular flexibility index (Phi) is 5.20. The smallest absolute Gasteiger partial charge is 0.246 e. The molecular formula is C24H22N2O2. The Balaban J connectivity index is 1.46. The molecule has 28 heavy (non-hydrogen) atoms. The first kappa shape index (κ1) is 18.0. The minimum atomic E-state index is -0.521. The summed E-state index contributed by atoms with van der Waals surface area (Å²) in [6, 6.07) is 27.6. The molecule has 2 amide bonds. The maximum atomic E-state index is 12.9. The number of benzene rings is 3. The Hall–Kier alpha value is -3.40. The van der Waals surface area contributed by atoms with E-state index >= 15 is 0 Å². The van der Waals surface area contributed by atoms with E-state index in [0.29, 0.717) is 13.0 Å². The highest BCUT2D eigenvalue weighted by molar-refractivity contribution is 5.95. The number of carbonyl (C=O) groups is 2. The van der Waals surface area contributed by atoms with Gasteiger partial charge in [0.2, 0.25) is 11.8 Å². The Labute approximate surface area is 164 Å². The number of hydrogen-bond donors (Lipinski definition) is 1. The predicted molar refractivity (Wildman–Crippen MR) is 109 cm³/mol. The van der Waals surface area contributed by atoms with E-state index in [1.54, 1.807) is 4.90 Å². The summed E-state index contributed by atoms with van der Waals surface area (Å²) >= 11 is 0. The molecule has 1 aliphatic rings. The topological polar surface area (TPSA) is 49.4 Å². The molecule has 1 fully saturated rings. The van der Waals surface area contributed by atoms with Crippen molar-refractivity contribution in [1.82, 2.24) is 10.2 Å². The lowest BCUT2D eigenvalue weighted by atomic mass is 9.99. The van der Waals surface area contributed by atoms with Crippen LogP contribution in [-0.2, 0) is 22.6 Å². The molecule has 1 heterocycles. The normalized spacial score (nSPS) is 16.7. The molecule has 4 rings (SSSR count). The highest BCUT2D eigenvalue weighted by atomic mass is 16.2. The van der Waals surface area contributed by atoms with Crippen LogP contribution < -0.4 is 5.32 Å². The average molecular weight is 370 g/mol. The van der Waals surface area contributed by atoms with E-state index < -0.39 is 6.04 Å². The second-order valence-corrected chi connectivity index (χ2v) is 7.07. The maximum Gasteiger partial charge on any atom is 0.246 e. The molecule has 3 aromatic rings. The average Bonchev–Trinajstić information content (AvgIpc) is 2.73. The molecule has 140 valence electrons. The summed E-state index contributed by atoms with van der Waals surface area (Å²) in [4.78, 5) is 26.7. The third kappa shape index (κ3) is 4.12. The maximum absolute atomic E-state index is 12.9. The molecule has 0 bridgehead atoms. The fourth-order valence-electron chi connectivity index (χ4n) is 3.55. The van der Waals surface area contributed by atoms with Crippen molar-refractivity contribution in [2.75, 3.05) is 6.54 Å². The Bertz CT molecular complexity index is 953. The summed E-state index contributed by atoms with van der Waals surface area (Å²) < 4.78 is 0. The number of nitrogens with one attached hydrogen (secondary N) is 1. The van der Waals surface area contributed by atoms with Gasteiger partial charge in [0.25, 0.3) is 0 Å². The van der Waals surface area contributed by atoms with Crippen LogP contribution in [0.3, 0.4) is 0 Å². The molecule has 3 aromatic carbocycles. The quantitative estimate of drug-likeness (QED) is 0.748. The number of rotatable bonds is 5. The van der Waals surface area contributed by atoms with Crippen LogP contribution in [-0.4, -0.2) is 29.3 Å². The second kappa shape index (κ2) is 8.09. The molecule has 0 saturated carbocycles. The molecule has 1 aliphatic heterocycles. The number of amides is 2. The minimum absolute atomic E-state index is 0.0319. The fourth-order valence-corrected chi connectivity index (χ4v) is 3.55. The largest absolute Gasteiger partial charge is 0.342 e. The van der Waals surface area contributed by atoms with Gasteiger partial charge in [0.1, 0.15) is 6.04 Å². The van der Waals surface area contributed by atoms with Crippen LogP contribution in [0.1, 0.15) is 11.1 Å². The molecule has 0 unspecified atom stereocenters. The van der Waals surface area contributed by atoms with E-state index in [1.807, 2.05) is 60.7 Å². The van der Waals surface area contributed by atoms with Crippen molar-refractivity contribution in [3.05, 3.63) is 96.1 Å². The van der Waals surface area contributed by atoms with Gasteiger partial charge in [-0.2, -0.15) is 0 Å². The summed E-state index contributed by atoms with van der Waals surface area (Å²) in [6.45, 7) is 0.563. The Morgan fingerprint density at radius 1 is 0.750 bits per heavy atom.